The fraction of sp³-hybridized carbons (Fsp3) is 0.375. The highest BCUT2D eigenvalue weighted by molar-refractivity contribution is 9.11. The Morgan fingerprint density at radius 2 is 2.31 bits per heavy atom. The van der Waals surface area contributed by atoms with Crippen LogP contribution in [0.25, 0.3) is 0 Å². The zero-order valence-corrected chi connectivity index (χ0v) is 9.74. The summed E-state index contributed by atoms with van der Waals surface area (Å²) in [6, 6.07) is 3.67. The van der Waals surface area contributed by atoms with Crippen molar-refractivity contribution < 1.29 is 9.53 Å². The van der Waals surface area contributed by atoms with Gasteiger partial charge in [0.05, 0.1) is 10.9 Å². The van der Waals surface area contributed by atoms with Gasteiger partial charge in [-0.25, -0.2) is 4.79 Å². The molecule has 0 aliphatic heterocycles. The molecule has 13 heavy (non-hydrogen) atoms. The molecule has 1 heterocycles. The average Bonchev–Trinajstić information content (AvgIpc) is 2.50. The fourth-order valence-electron chi connectivity index (χ4n) is 0.906. The predicted molar refractivity (Wildman–Crippen MR) is 55.6 cm³/mol. The van der Waals surface area contributed by atoms with Gasteiger partial charge < -0.3 is 10.5 Å². The first-order chi connectivity index (χ1) is 5.98. The van der Waals surface area contributed by atoms with Gasteiger partial charge in [0, 0.05) is 4.88 Å². The van der Waals surface area contributed by atoms with Crippen LogP contribution < -0.4 is 5.73 Å². The Morgan fingerprint density at radius 3 is 2.69 bits per heavy atom. The van der Waals surface area contributed by atoms with Gasteiger partial charge in [-0.2, -0.15) is 0 Å². The maximum atomic E-state index is 11.3. The van der Waals surface area contributed by atoms with Gasteiger partial charge in [-0.3, -0.25) is 0 Å². The Hall–Kier alpha value is -0.390. The van der Waals surface area contributed by atoms with Crippen LogP contribution >= 0.6 is 27.3 Å². The number of hydrogen-bond donors (Lipinski definition) is 1. The standard InChI is InChI=1S/C8H10BrNO2S/c1-8(10,7(11)12-2)5-3-4-6(9)13-5/h3-4H,10H2,1-2H3. The summed E-state index contributed by atoms with van der Waals surface area (Å²) in [5.74, 6) is -0.429. The molecular formula is C8H10BrNO2S. The highest BCUT2D eigenvalue weighted by Gasteiger charge is 2.33. The normalized spacial score (nSPS) is 15.1. The number of carbonyl (C=O) groups is 1. The summed E-state index contributed by atoms with van der Waals surface area (Å²) in [4.78, 5) is 12.1. The van der Waals surface area contributed by atoms with Crippen molar-refractivity contribution in [2.24, 2.45) is 5.73 Å². The van der Waals surface area contributed by atoms with E-state index in [1.54, 1.807) is 6.92 Å². The number of ether oxygens (including phenoxy) is 1. The second-order valence-corrected chi connectivity index (χ2v) is 5.26. The van der Waals surface area contributed by atoms with Crippen molar-refractivity contribution in [2.45, 2.75) is 12.5 Å². The molecule has 0 saturated heterocycles. The van der Waals surface area contributed by atoms with E-state index in [9.17, 15) is 4.79 Å². The molecule has 0 spiro atoms. The number of methoxy groups -OCH3 is 1. The topological polar surface area (TPSA) is 52.3 Å². The molecule has 0 radical (unpaired) electrons. The summed E-state index contributed by atoms with van der Waals surface area (Å²) in [6.45, 7) is 1.64. The SMILES string of the molecule is COC(=O)C(C)(N)c1ccc(Br)s1. The number of nitrogens with two attached hydrogens (primary N) is 1. The summed E-state index contributed by atoms with van der Waals surface area (Å²) in [5, 5.41) is 0. The molecule has 0 aliphatic carbocycles. The van der Waals surface area contributed by atoms with E-state index >= 15 is 0 Å². The molecule has 72 valence electrons. The van der Waals surface area contributed by atoms with Gasteiger partial charge >= 0.3 is 5.97 Å². The fourth-order valence-corrected chi connectivity index (χ4v) is 2.34. The number of rotatable bonds is 2. The molecular weight excluding hydrogens is 254 g/mol. The van der Waals surface area contributed by atoms with Crippen LogP contribution in [0.5, 0.6) is 0 Å². The lowest BCUT2D eigenvalue weighted by atomic mass is 10.0. The van der Waals surface area contributed by atoms with Crippen LogP contribution in [0.2, 0.25) is 0 Å². The molecule has 0 amide bonds. The summed E-state index contributed by atoms with van der Waals surface area (Å²) in [6.07, 6.45) is 0. The van der Waals surface area contributed by atoms with Crippen LogP contribution in [-0.4, -0.2) is 13.1 Å². The second kappa shape index (κ2) is 3.77. The van der Waals surface area contributed by atoms with Crippen LogP contribution in [0, 0.1) is 0 Å². The Labute approximate surface area is 89.0 Å². The predicted octanol–water partition coefficient (Wildman–Crippen LogP) is 1.86. The number of halogens is 1. The van der Waals surface area contributed by atoms with Gasteiger partial charge in [0.15, 0.2) is 0 Å². The molecule has 1 rings (SSSR count). The van der Waals surface area contributed by atoms with Crippen LogP contribution in [0.3, 0.4) is 0 Å². The maximum absolute atomic E-state index is 11.3. The van der Waals surface area contributed by atoms with Gasteiger partial charge in [-0.15, -0.1) is 11.3 Å². The third kappa shape index (κ3) is 2.10. The Balaban J connectivity index is 2.99. The van der Waals surface area contributed by atoms with E-state index in [1.165, 1.54) is 18.4 Å². The monoisotopic (exact) mass is 263 g/mol. The third-order valence-corrected chi connectivity index (χ3v) is 3.56. The van der Waals surface area contributed by atoms with E-state index in [1.807, 2.05) is 12.1 Å². The van der Waals surface area contributed by atoms with E-state index in [4.69, 9.17) is 5.73 Å². The van der Waals surface area contributed by atoms with Crippen molar-refractivity contribution in [2.75, 3.05) is 7.11 Å². The summed E-state index contributed by atoms with van der Waals surface area (Å²) in [5.41, 5.74) is 4.77. The van der Waals surface area contributed by atoms with E-state index in [-0.39, 0.29) is 0 Å². The Kier molecular flexibility index (Phi) is 3.10. The molecule has 1 aromatic heterocycles. The number of carbonyl (C=O) groups excluding carboxylic acids is 1. The highest BCUT2D eigenvalue weighted by Crippen LogP contribution is 2.30. The molecule has 0 aliphatic rings. The third-order valence-electron chi connectivity index (χ3n) is 1.69. The van der Waals surface area contributed by atoms with E-state index in [0.717, 1.165) is 8.66 Å². The zero-order chi connectivity index (χ0) is 10.1. The summed E-state index contributed by atoms with van der Waals surface area (Å²) in [7, 11) is 1.33. The minimum Gasteiger partial charge on any atom is -0.467 e. The van der Waals surface area contributed by atoms with Crippen LogP contribution in [-0.2, 0) is 15.1 Å². The number of hydrogen-bond acceptors (Lipinski definition) is 4. The maximum Gasteiger partial charge on any atom is 0.331 e. The molecule has 0 bridgehead atoms. The first-order valence-electron chi connectivity index (χ1n) is 3.61. The van der Waals surface area contributed by atoms with E-state index in [2.05, 4.69) is 20.7 Å². The number of esters is 1. The highest BCUT2D eigenvalue weighted by atomic mass is 79.9. The van der Waals surface area contributed by atoms with Crippen molar-refractivity contribution >= 4 is 33.2 Å². The lowest BCUT2D eigenvalue weighted by Gasteiger charge is -2.19. The van der Waals surface area contributed by atoms with Gasteiger partial charge in [0.1, 0.15) is 5.54 Å². The van der Waals surface area contributed by atoms with Crippen LogP contribution in [0.15, 0.2) is 15.9 Å². The Morgan fingerprint density at radius 1 is 1.69 bits per heavy atom. The molecule has 2 N–H and O–H groups in total. The minimum atomic E-state index is -1.05. The molecule has 5 heteroatoms. The van der Waals surface area contributed by atoms with Crippen molar-refractivity contribution in [3.05, 3.63) is 20.8 Å². The quantitative estimate of drug-likeness (QED) is 0.829. The van der Waals surface area contributed by atoms with Gasteiger partial charge in [-0.05, 0) is 35.0 Å². The van der Waals surface area contributed by atoms with Crippen LogP contribution in [0.4, 0.5) is 0 Å². The molecule has 0 aromatic carbocycles. The largest absolute Gasteiger partial charge is 0.467 e. The van der Waals surface area contributed by atoms with E-state index in [0.29, 0.717) is 0 Å². The molecule has 1 unspecified atom stereocenters. The molecule has 1 atom stereocenters. The van der Waals surface area contributed by atoms with Crippen molar-refractivity contribution in [1.82, 2.24) is 0 Å². The average molecular weight is 264 g/mol. The van der Waals surface area contributed by atoms with Crippen molar-refractivity contribution in [3.8, 4) is 0 Å². The smallest absolute Gasteiger partial charge is 0.331 e. The van der Waals surface area contributed by atoms with Crippen molar-refractivity contribution in [1.29, 1.82) is 0 Å². The summed E-state index contributed by atoms with van der Waals surface area (Å²) < 4.78 is 5.55. The molecule has 0 fully saturated rings. The zero-order valence-electron chi connectivity index (χ0n) is 7.33. The van der Waals surface area contributed by atoms with Gasteiger partial charge in [0.2, 0.25) is 0 Å². The van der Waals surface area contributed by atoms with Crippen LogP contribution in [0.1, 0.15) is 11.8 Å². The summed E-state index contributed by atoms with van der Waals surface area (Å²) >= 11 is 4.74. The lowest BCUT2D eigenvalue weighted by molar-refractivity contribution is -0.146. The minimum absolute atomic E-state index is 0.429. The lowest BCUT2D eigenvalue weighted by Crippen LogP contribution is -2.41. The molecule has 1 aromatic rings. The molecule has 3 nitrogen and oxygen atoms in total. The Bertz CT molecular complexity index is 322. The number of thiophene rings is 1. The van der Waals surface area contributed by atoms with E-state index < -0.39 is 11.5 Å². The van der Waals surface area contributed by atoms with Gasteiger partial charge in [0.25, 0.3) is 0 Å². The first kappa shape index (κ1) is 10.7. The molecule has 0 saturated carbocycles. The second-order valence-electron chi connectivity index (χ2n) is 2.80. The van der Waals surface area contributed by atoms with Gasteiger partial charge in [-0.1, -0.05) is 0 Å². The first-order valence-corrected chi connectivity index (χ1v) is 5.22. The van der Waals surface area contributed by atoms with Crippen molar-refractivity contribution in [3.63, 3.8) is 0 Å².